The number of aromatic amines is 1. The fourth-order valence-electron chi connectivity index (χ4n) is 1.99. The number of aliphatic carboxylic acids is 1. The number of imidazole rings is 1. The zero-order valence-electron chi connectivity index (χ0n) is 10.2. The fourth-order valence-corrected chi connectivity index (χ4v) is 1.99. The molecule has 0 bridgehead atoms. The molecule has 3 N–H and O–H groups in total. The number of aromatic nitrogens is 3. The predicted octanol–water partition coefficient (Wildman–Crippen LogP) is 0.454. The van der Waals surface area contributed by atoms with Gasteiger partial charge in [-0.1, -0.05) is 0 Å². The molecule has 0 aliphatic carbocycles. The van der Waals surface area contributed by atoms with Crippen molar-refractivity contribution in [3.05, 3.63) is 46.4 Å². The molecular weight excluding hydrogens is 250 g/mol. The van der Waals surface area contributed by atoms with E-state index in [4.69, 9.17) is 0 Å². The van der Waals surface area contributed by atoms with Crippen LogP contribution in [0.25, 0.3) is 0 Å². The van der Waals surface area contributed by atoms with E-state index in [1.807, 2.05) is 0 Å². The van der Waals surface area contributed by atoms with Gasteiger partial charge in [-0.2, -0.15) is 0 Å². The van der Waals surface area contributed by atoms with Crippen LogP contribution in [0.2, 0.25) is 0 Å². The van der Waals surface area contributed by atoms with E-state index in [9.17, 15) is 19.8 Å². The van der Waals surface area contributed by atoms with Crippen molar-refractivity contribution in [3.63, 3.8) is 0 Å². The van der Waals surface area contributed by atoms with Crippen LogP contribution < -0.4 is 5.56 Å². The van der Waals surface area contributed by atoms with E-state index in [-0.39, 0.29) is 12.2 Å². The van der Waals surface area contributed by atoms with Crippen LogP contribution in [0, 0.1) is 6.92 Å². The molecule has 0 unspecified atom stereocenters. The number of pyridine rings is 1. The molecule has 0 saturated heterocycles. The van der Waals surface area contributed by atoms with Crippen LogP contribution in [0.3, 0.4) is 0 Å². The van der Waals surface area contributed by atoms with Gasteiger partial charge in [-0.3, -0.25) is 9.36 Å². The van der Waals surface area contributed by atoms with Crippen LogP contribution in [-0.4, -0.2) is 30.7 Å². The first-order chi connectivity index (χ1) is 8.99. The fraction of sp³-hybridized carbons (Fsp3) is 0.250. The summed E-state index contributed by atoms with van der Waals surface area (Å²) in [6, 6.07) is 1.30. The molecule has 2 heterocycles. The lowest BCUT2D eigenvalue weighted by molar-refractivity contribution is -0.141. The Morgan fingerprint density at radius 1 is 1.53 bits per heavy atom. The van der Waals surface area contributed by atoms with E-state index in [1.54, 1.807) is 6.92 Å². The van der Waals surface area contributed by atoms with Gasteiger partial charge in [0, 0.05) is 30.1 Å². The molecular formula is C12H13N3O4. The molecule has 100 valence electrons. The van der Waals surface area contributed by atoms with Gasteiger partial charge < -0.3 is 15.2 Å². The Kier molecular flexibility index (Phi) is 3.37. The minimum Gasteiger partial charge on any atom is -0.508 e. The molecule has 7 heteroatoms. The number of rotatable bonds is 4. The van der Waals surface area contributed by atoms with Crippen LogP contribution in [0.4, 0.5) is 0 Å². The average Bonchev–Trinajstić information content (AvgIpc) is 2.78. The number of hydrogen-bond acceptors (Lipinski definition) is 4. The molecule has 2 rings (SSSR count). The van der Waals surface area contributed by atoms with Crippen LogP contribution in [-0.2, 0) is 11.2 Å². The maximum Gasteiger partial charge on any atom is 0.327 e. The number of carboxylic acid groups (broad SMARTS) is 1. The molecule has 1 atom stereocenters. The Morgan fingerprint density at radius 3 is 2.79 bits per heavy atom. The van der Waals surface area contributed by atoms with Crippen molar-refractivity contribution in [3.8, 4) is 5.75 Å². The molecule has 2 aromatic heterocycles. The molecule has 0 amide bonds. The summed E-state index contributed by atoms with van der Waals surface area (Å²) in [4.78, 5) is 29.8. The van der Waals surface area contributed by atoms with Gasteiger partial charge in [0.2, 0.25) is 0 Å². The Labute approximate surface area is 108 Å². The highest BCUT2D eigenvalue weighted by molar-refractivity contribution is 5.72. The maximum atomic E-state index is 11.8. The summed E-state index contributed by atoms with van der Waals surface area (Å²) in [5.74, 6) is -1.30. The number of nitrogens with one attached hydrogen (secondary N) is 1. The van der Waals surface area contributed by atoms with Crippen molar-refractivity contribution in [2.45, 2.75) is 19.4 Å². The van der Waals surface area contributed by atoms with Gasteiger partial charge in [0.15, 0.2) is 0 Å². The third-order valence-corrected chi connectivity index (χ3v) is 2.81. The second kappa shape index (κ2) is 4.97. The Balaban J connectivity index is 2.45. The van der Waals surface area contributed by atoms with Crippen molar-refractivity contribution in [1.29, 1.82) is 0 Å². The van der Waals surface area contributed by atoms with Crippen LogP contribution in [0.5, 0.6) is 5.75 Å². The third kappa shape index (κ3) is 2.65. The molecule has 0 aliphatic heterocycles. The molecule has 0 fully saturated rings. The highest BCUT2D eigenvalue weighted by atomic mass is 16.4. The number of nitrogens with zero attached hydrogens (tertiary/aromatic N) is 2. The number of aryl methyl sites for hydroxylation is 1. The molecule has 0 radical (unpaired) electrons. The molecule has 0 saturated carbocycles. The lowest BCUT2D eigenvalue weighted by Gasteiger charge is -2.17. The summed E-state index contributed by atoms with van der Waals surface area (Å²) >= 11 is 0. The van der Waals surface area contributed by atoms with E-state index in [0.717, 1.165) is 10.6 Å². The number of hydrogen-bond donors (Lipinski definition) is 3. The summed E-state index contributed by atoms with van der Waals surface area (Å²) < 4.78 is 1.14. The molecule has 0 aromatic carbocycles. The first-order valence-electron chi connectivity index (χ1n) is 5.61. The number of carboxylic acids is 1. The normalized spacial score (nSPS) is 12.3. The van der Waals surface area contributed by atoms with Gasteiger partial charge in [0.25, 0.3) is 5.56 Å². The van der Waals surface area contributed by atoms with Gasteiger partial charge in [-0.15, -0.1) is 0 Å². The lowest BCUT2D eigenvalue weighted by atomic mass is 10.1. The minimum absolute atomic E-state index is 0.112. The second-order valence-electron chi connectivity index (χ2n) is 4.20. The van der Waals surface area contributed by atoms with Crippen molar-refractivity contribution in [2.24, 2.45) is 0 Å². The van der Waals surface area contributed by atoms with Crippen LogP contribution >= 0.6 is 0 Å². The van der Waals surface area contributed by atoms with Crippen molar-refractivity contribution >= 4 is 5.97 Å². The highest BCUT2D eigenvalue weighted by Gasteiger charge is 2.23. The molecule has 19 heavy (non-hydrogen) atoms. The molecule has 7 nitrogen and oxygen atoms in total. The predicted molar refractivity (Wildman–Crippen MR) is 66.1 cm³/mol. The lowest BCUT2D eigenvalue weighted by Crippen LogP contribution is -2.32. The number of aromatic hydroxyl groups is 1. The summed E-state index contributed by atoms with van der Waals surface area (Å²) in [5, 5.41) is 18.6. The quantitative estimate of drug-likeness (QED) is 0.742. The van der Waals surface area contributed by atoms with Crippen LogP contribution in [0.1, 0.15) is 17.4 Å². The largest absolute Gasteiger partial charge is 0.508 e. The maximum absolute atomic E-state index is 11.8. The minimum atomic E-state index is -1.12. The highest BCUT2D eigenvalue weighted by Crippen LogP contribution is 2.16. The van der Waals surface area contributed by atoms with E-state index < -0.39 is 17.6 Å². The zero-order chi connectivity index (χ0) is 14.0. The Morgan fingerprint density at radius 2 is 2.26 bits per heavy atom. The van der Waals surface area contributed by atoms with Gasteiger partial charge in [-0.05, 0) is 13.0 Å². The van der Waals surface area contributed by atoms with Crippen LogP contribution in [0.15, 0.2) is 29.5 Å². The third-order valence-electron chi connectivity index (χ3n) is 2.81. The summed E-state index contributed by atoms with van der Waals surface area (Å²) in [5.41, 5.74) is 0.452. The summed E-state index contributed by atoms with van der Waals surface area (Å²) in [6.45, 7) is 1.57. The number of H-pyrrole nitrogens is 1. The van der Waals surface area contributed by atoms with Crippen molar-refractivity contribution in [2.75, 3.05) is 0 Å². The van der Waals surface area contributed by atoms with E-state index in [1.165, 1.54) is 18.6 Å². The average molecular weight is 263 g/mol. The van der Waals surface area contributed by atoms with Crippen molar-refractivity contribution in [1.82, 2.24) is 14.5 Å². The van der Waals surface area contributed by atoms with Crippen molar-refractivity contribution < 1.29 is 15.0 Å². The standard InChI is InChI=1S/C12H13N3O4/c1-7-2-9(16)4-11(17)15(7)10(12(18)19)3-8-5-13-6-14-8/h2,4-6,10,16H,3H2,1H3,(H,13,14)(H,18,19)/t10-/m0/s1. The monoisotopic (exact) mass is 263 g/mol. The van der Waals surface area contributed by atoms with Gasteiger partial charge in [0.1, 0.15) is 11.8 Å². The first-order valence-corrected chi connectivity index (χ1v) is 5.61. The summed E-state index contributed by atoms with van der Waals surface area (Å²) in [6.07, 6.45) is 3.07. The Bertz CT molecular complexity index is 645. The SMILES string of the molecule is Cc1cc(O)cc(=O)n1[C@@H](Cc1cnc[nH]1)C(=O)O. The van der Waals surface area contributed by atoms with Gasteiger partial charge in [-0.25, -0.2) is 9.78 Å². The number of carbonyl (C=O) groups is 1. The first kappa shape index (κ1) is 12.9. The molecule has 2 aromatic rings. The van der Waals surface area contributed by atoms with E-state index in [2.05, 4.69) is 9.97 Å². The van der Waals surface area contributed by atoms with E-state index >= 15 is 0 Å². The molecule has 0 aliphatic rings. The summed E-state index contributed by atoms with van der Waals surface area (Å²) in [7, 11) is 0. The van der Waals surface area contributed by atoms with Gasteiger partial charge >= 0.3 is 5.97 Å². The zero-order valence-corrected chi connectivity index (χ0v) is 10.2. The smallest absolute Gasteiger partial charge is 0.327 e. The topological polar surface area (TPSA) is 108 Å². The second-order valence-corrected chi connectivity index (χ2v) is 4.20. The van der Waals surface area contributed by atoms with Gasteiger partial charge in [0.05, 0.1) is 6.33 Å². The Hall–Kier alpha value is -2.57. The van der Waals surface area contributed by atoms with E-state index in [0.29, 0.717) is 11.4 Å². The molecule has 0 spiro atoms.